The molecule has 0 N–H and O–H groups in total. The first-order valence-electron chi connectivity index (χ1n) is 0.475. The van der Waals surface area contributed by atoms with Gasteiger partial charge in [0.2, 0.25) is 0 Å². The minimum Gasteiger partial charge on any atom is -0.0122 e. The number of hydrogen-bond donors (Lipinski definition) is 0. The van der Waals surface area contributed by atoms with Gasteiger partial charge in [0, 0.05) is 32.6 Å². The number of rotatable bonds is 1. The molecule has 0 heterocycles. The average molecular weight is 251 g/mol. The Morgan fingerprint density at radius 3 is 1.20 bits per heavy atom. The molecule has 0 atom stereocenters. The van der Waals surface area contributed by atoms with E-state index in [1.807, 2.05) is 10.2 Å². The maximum absolute atomic E-state index is 9.62. The molecule has 0 aromatic carbocycles. The molecule has 0 aliphatic heterocycles. The number of halogens is 2. The van der Waals surface area contributed by atoms with Gasteiger partial charge in [-0.05, 0) is 9.05 Å². The molecule has 5 heteroatoms. The molecule has 1 radical (unpaired) electrons. The van der Waals surface area contributed by atoms with Crippen LogP contribution in [0, 0.1) is 0 Å². The quantitative estimate of drug-likeness (QED) is 0.504. The second-order valence-corrected chi connectivity index (χ2v) is 0.126. The van der Waals surface area contributed by atoms with Gasteiger partial charge in [-0.1, -0.05) is 0 Å². The van der Waals surface area contributed by atoms with E-state index in [-0.39, 0.29) is 22.4 Å². The Balaban J connectivity index is 0. The SMILES string of the molecule is FOOF.[Ta]. The van der Waals surface area contributed by atoms with Gasteiger partial charge in [-0.2, -0.15) is 0 Å². The van der Waals surface area contributed by atoms with Gasteiger partial charge in [0.1, 0.15) is 0 Å². The summed E-state index contributed by atoms with van der Waals surface area (Å²) in [6.07, 6.45) is 0. The molecule has 31 valence electrons. The monoisotopic (exact) mass is 251 g/mol. The van der Waals surface area contributed by atoms with Gasteiger partial charge >= 0.3 is 0 Å². The first kappa shape index (κ1) is 9.10. The predicted octanol–water partition coefficient (Wildman–Crippen LogP) is 0.701. The van der Waals surface area contributed by atoms with Crippen LogP contribution in [0.3, 0.4) is 0 Å². The molecule has 0 amide bonds. The fourth-order valence-electron chi connectivity index (χ4n) is 0. The third-order valence-electron chi connectivity index (χ3n) is 0.0238. The Morgan fingerprint density at radius 1 is 1.00 bits per heavy atom. The van der Waals surface area contributed by atoms with Crippen molar-refractivity contribution >= 4 is 0 Å². The molecular formula is F2O2Ta. The molecule has 0 rings (SSSR count). The average Bonchev–Trinajstić information content (AvgIpc) is 1.37. The summed E-state index contributed by atoms with van der Waals surface area (Å²) in [5.74, 6) is 0. The Kier molecular flexibility index (Phi) is 16.1. The van der Waals surface area contributed by atoms with Crippen LogP contribution in [0.5, 0.6) is 0 Å². The van der Waals surface area contributed by atoms with Gasteiger partial charge in [-0.3, -0.25) is 0 Å². The Bertz CT molecular complexity index is 9.61. The topological polar surface area (TPSA) is 18.5 Å². The first-order chi connectivity index (χ1) is 1.91. The van der Waals surface area contributed by atoms with Crippen molar-refractivity contribution in [1.29, 1.82) is 0 Å². The third kappa shape index (κ3) is 12.4. The Labute approximate surface area is 42.3 Å². The van der Waals surface area contributed by atoms with Crippen LogP contribution in [0.15, 0.2) is 0 Å². The summed E-state index contributed by atoms with van der Waals surface area (Å²) in [7, 11) is 0. The van der Waals surface area contributed by atoms with E-state index < -0.39 is 0 Å². The van der Waals surface area contributed by atoms with E-state index in [4.69, 9.17) is 0 Å². The van der Waals surface area contributed by atoms with E-state index >= 15 is 0 Å². The van der Waals surface area contributed by atoms with E-state index in [1.165, 1.54) is 0 Å². The predicted molar refractivity (Wildman–Crippen MR) is 4.39 cm³/mol. The summed E-state index contributed by atoms with van der Waals surface area (Å²) < 4.78 is 19.2. The van der Waals surface area contributed by atoms with Crippen molar-refractivity contribution in [1.82, 2.24) is 0 Å². The minimum atomic E-state index is 0. The number of hydrogen-bond acceptors (Lipinski definition) is 2. The van der Waals surface area contributed by atoms with Crippen LogP contribution in [-0.4, -0.2) is 0 Å². The van der Waals surface area contributed by atoms with Gasteiger partial charge in [-0.15, -0.1) is 0 Å². The van der Waals surface area contributed by atoms with Crippen molar-refractivity contribution in [3.63, 3.8) is 0 Å². The van der Waals surface area contributed by atoms with Crippen molar-refractivity contribution in [2.45, 2.75) is 0 Å². The molecule has 0 spiro atoms. The zero-order chi connectivity index (χ0) is 3.41. The van der Waals surface area contributed by atoms with Crippen molar-refractivity contribution in [3.8, 4) is 0 Å². The van der Waals surface area contributed by atoms with E-state index in [1.54, 1.807) is 0 Å². The molecule has 0 aromatic rings. The summed E-state index contributed by atoms with van der Waals surface area (Å²) >= 11 is 0. The molecule has 2 nitrogen and oxygen atoms in total. The second-order valence-electron chi connectivity index (χ2n) is 0.126. The molecule has 0 aliphatic rings. The summed E-state index contributed by atoms with van der Waals surface area (Å²) in [6, 6.07) is 0. The second kappa shape index (κ2) is 8.82. The van der Waals surface area contributed by atoms with E-state index in [0.29, 0.717) is 0 Å². The zero-order valence-electron chi connectivity index (χ0n) is 2.02. The van der Waals surface area contributed by atoms with E-state index in [9.17, 15) is 9.05 Å². The Morgan fingerprint density at radius 2 is 1.20 bits per heavy atom. The minimum absolute atomic E-state index is 0. The molecule has 0 saturated carbocycles. The van der Waals surface area contributed by atoms with Gasteiger partial charge in [0.25, 0.3) is 0 Å². The van der Waals surface area contributed by atoms with E-state index in [2.05, 4.69) is 0 Å². The fraction of sp³-hybridized carbons (Fsp3) is 0. The molecular weight excluding hydrogens is 251 g/mol. The van der Waals surface area contributed by atoms with E-state index in [0.717, 1.165) is 0 Å². The standard InChI is InChI=1S/F2O2.Ta/c1-3-4-2;. The van der Waals surface area contributed by atoms with Crippen LogP contribution in [0.2, 0.25) is 0 Å². The Hall–Kier alpha value is 0.520. The van der Waals surface area contributed by atoms with Crippen LogP contribution in [0.25, 0.3) is 0 Å². The summed E-state index contributed by atoms with van der Waals surface area (Å²) in [6.45, 7) is 0. The molecule has 5 heavy (non-hydrogen) atoms. The van der Waals surface area contributed by atoms with Crippen molar-refractivity contribution in [2.75, 3.05) is 0 Å². The largest absolute Gasteiger partial charge is 0.0122 e. The van der Waals surface area contributed by atoms with Crippen LogP contribution < -0.4 is 0 Å². The molecule has 0 aromatic heterocycles. The summed E-state index contributed by atoms with van der Waals surface area (Å²) in [4.78, 5) is 0. The van der Waals surface area contributed by atoms with Crippen LogP contribution in [-0.2, 0) is 32.6 Å². The van der Waals surface area contributed by atoms with Crippen LogP contribution >= 0.6 is 0 Å². The van der Waals surface area contributed by atoms with Gasteiger partial charge in [-0.25, -0.2) is 0 Å². The summed E-state index contributed by atoms with van der Waals surface area (Å²) in [5, 5.41) is 3.75. The normalized spacial score (nSPS) is 6.00. The molecule has 0 saturated heterocycles. The smallest absolute Gasteiger partial charge is 0.0122 e. The van der Waals surface area contributed by atoms with Gasteiger partial charge < -0.3 is 0 Å². The van der Waals surface area contributed by atoms with Gasteiger partial charge in [0.15, 0.2) is 0 Å². The maximum atomic E-state index is 9.62. The zero-order valence-corrected chi connectivity index (χ0v) is 5.23. The van der Waals surface area contributed by atoms with Crippen molar-refractivity contribution in [2.24, 2.45) is 0 Å². The van der Waals surface area contributed by atoms with Crippen LogP contribution in [0.1, 0.15) is 0 Å². The molecule has 0 fully saturated rings. The fourth-order valence-corrected chi connectivity index (χ4v) is 0. The van der Waals surface area contributed by atoms with Crippen molar-refractivity contribution < 1.29 is 41.6 Å². The third-order valence-corrected chi connectivity index (χ3v) is 0.0238. The van der Waals surface area contributed by atoms with Gasteiger partial charge in [0.05, 0.1) is 0 Å². The van der Waals surface area contributed by atoms with Crippen LogP contribution in [0.4, 0.5) is 9.05 Å². The molecule has 0 unspecified atom stereocenters. The maximum Gasteiger partial charge on any atom is 0.0122 e. The van der Waals surface area contributed by atoms with Crippen molar-refractivity contribution in [3.05, 3.63) is 0 Å². The first-order valence-corrected chi connectivity index (χ1v) is 0.475. The molecule has 0 aliphatic carbocycles. The molecule has 0 bridgehead atoms. The summed E-state index contributed by atoms with van der Waals surface area (Å²) in [5.41, 5.74) is 0.